The van der Waals surface area contributed by atoms with Crippen molar-refractivity contribution < 1.29 is 38.0 Å². The molecule has 1 aliphatic carbocycles. The molecule has 7 rings (SSSR count). The first-order chi connectivity index (χ1) is 36.9. The molecule has 1 unspecified atom stereocenters. The average Bonchev–Trinajstić information content (AvgIpc) is 4.01. The minimum absolute atomic E-state index is 0.0127. The summed E-state index contributed by atoms with van der Waals surface area (Å²) in [5, 5.41) is 18.0. The van der Waals surface area contributed by atoms with Crippen LogP contribution in [-0.4, -0.2) is 119 Å². The van der Waals surface area contributed by atoms with E-state index in [9.17, 15) is 28.8 Å². The number of likely N-dealkylation sites (tertiary alicyclic amines) is 1. The Morgan fingerprint density at radius 3 is 1.78 bits per heavy atom. The van der Waals surface area contributed by atoms with Gasteiger partial charge in [-0.05, 0) is 124 Å². The predicted molar refractivity (Wildman–Crippen MR) is 298 cm³/mol. The first-order valence-electron chi connectivity index (χ1n) is 27.4. The Morgan fingerprint density at radius 1 is 0.667 bits per heavy atom. The van der Waals surface area contributed by atoms with Gasteiger partial charge in [0.15, 0.2) is 0 Å². The fourth-order valence-electron chi connectivity index (χ4n) is 10.9. The van der Waals surface area contributed by atoms with Gasteiger partial charge in [0.25, 0.3) is 11.8 Å². The van der Waals surface area contributed by atoms with Crippen molar-refractivity contribution in [2.75, 3.05) is 27.2 Å². The SMILES string of the molecule is CN[C@@H](C)C(=O)N[C@H](C(=O)N1CCc2ccccc2[C@H]1C(=O)N(Cc1ccc(C(=O)N[C@H]2C[C@@H](C(=O)NC3CCCc4ccccc43)N(C(=O)[C@@H](NC(=O)[C@H](C)NC)C(C)(C)C)C2)cc1)[C@H](C)c1ccccc1F)C(C)(C)C. The molecule has 0 aromatic heterocycles. The van der Waals surface area contributed by atoms with Crippen molar-refractivity contribution in [3.05, 3.63) is 142 Å². The molecule has 0 saturated carbocycles. The molecule has 2 aliphatic heterocycles. The van der Waals surface area contributed by atoms with Crippen LogP contribution in [0.25, 0.3) is 0 Å². The van der Waals surface area contributed by atoms with Gasteiger partial charge < -0.3 is 46.6 Å². The molecule has 78 heavy (non-hydrogen) atoms. The second-order valence-electron chi connectivity index (χ2n) is 23.4. The summed E-state index contributed by atoms with van der Waals surface area (Å²) in [5.74, 6) is -3.33. The average molecular weight is 1070 g/mol. The van der Waals surface area contributed by atoms with Crippen LogP contribution in [0.1, 0.15) is 143 Å². The summed E-state index contributed by atoms with van der Waals surface area (Å²) in [7, 11) is 3.32. The van der Waals surface area contributed by atoms with Crippen LogP contribution in [0.3, 0.4) is 0 Å². The molecule has 418 valence electrons. The maximum Gasteiger partial charge on any atom is 0.251 e. The van der Waals surface area contributed by atoms with E-state index in [1.165, 1.54) is 16.5 Å². The van der Waals surface area contributed by atoms with Gasteiger partial charge in [0.05, 0.1) is 24.2 Å². The van der Waals surface area contributed by atoms with Crippen molar-refractivity contribution in [2.24, 2.45) is 10.8 Å². The van der Waals surface area contributed by atoms with Gasteiger partial charge >= 0.3 is 0 Å². The van der Waals surface area contributed by atoms with Crippen molar-refractivity contribution in [3.8, 4) is 0 Å². The van der Waals surface area contributed by atoms with Gasteiger partial charge in [-0.2, -0.15) is 0 Å². The van der Waals surface area contributed by atoms with Gasteiger partial charge in [0.1, 0.15) is 30.0 Å². The van der Waals surface area contributed by atoms with Crippen molar-refractivity contribution in [1.29, 1.82) is 0 Å². The molecule has 0 radical (unpaired) electrons. The lowest BCUT2D eigenvalue weighted by atomic mass is 9.83. The third-order valence-electron chi connectivity index (χ3n) is 15.8. The number of hydrogen-bond donors (Lipinski definition) is 6. The number of carbonyl (C=O) groups excluding carboxylic acids is 7. The summed E-state index contributed by atoms with van der Waals surface area (Å²) in [4.78, 5) is 105. The highest BCUT2D eigenvalue weighted by atomic mass is 19.1. The van der Waals surface area contributed by atoms with Crippen molar-refractivity contribution in [2.45, 2.75) is 155 Å². The summed E-state index contributed by atoms with van der Waals surface area (Å²) < 4.78 is 15.8. The van der Waals surface area contributed by atoms with Gasteiger partial charge in [0, 0.05) is 36.8 Å². The van der Waals surface area contributed by atoms with Crippen LogP contribution in [0.4, 0.5) is 4.39 Å². The smallest absolute Gasteiger partial charge is 0.251 e. The molecule has 9 atom stereocenters. The number of halogens is 1. The minimum atomic E-state index is -1.13. The van der Waals surface area contributed by atoms with Gasteiger partial charge in [0.2, 0.25) is 29.5 Å². The lowest BCUT2D eigenvalue weighted by Gasteiger charge is -2.43. The zero-order valence-electron chi connectivity index (χ0n) is 47.2. The Labute approximate surface area is 459 Å². The first-order valence-corrected chi connectivity index (χ1v) is 27.4. The number of likely N-dealkylation sites (N-methyl/N-ethyl adjacent to an activating group) is 2. The molecule has 4 aromatic carbocycles. The Hall–Kier alpha value is -6.98. The maximum absolute atomic E-state index is 15.8. The summed E-state index contributed by atoms with van der Waals surface area (Å²) in [5.41, 5.74) is 3.42. The van der Waals surface area contributed by atoms with E-state index in [-0.39, 0.29) is 60.9 Å². The van der Waals surface area contributed by atoms with Crippen LogP contribution < -0.4 is 31.9 Å². The number of benzene rings is 4. The van der Waals surface area contributed by atoms with Gasteiger partial charge in [-0.25, -0.2) is 4.39 Å². The molecule has 2 heterocycles. The van der Waals surface area contributed by atoms with Crippen LogP contribution in [-0.2, 0) is 48.2 Å². The Kier molecular flexibility index (Phi) is 18.6. The highest BCUT2D eigenvalue weighted by Gasteiger charge is 2.47. The van der Waals surface area contributed by atoms with Crippen molar-refractivity contribution >= 4 is 41.4 Å². The van der Waals surface area contributed by atoms with Gasteiger partial charge in [-0.1, -0.05) is 120 Å². The Morgan fingerprint density at radius 2 is 1.21 bits per heavy atom. The van der Waals surface area contributed by atoms with Crippen molar-refractivity contribution in [1.82, 2.24) is 46.6 Å². The summed E-state index contributed by atoms with van der Waals surface area (Å²) >= 11 is 0. The summed E-state index contributed by atoms with van der Waals surface area (Å²) in [6.07, 6.45) is 3.12. The maximum atomic E-state index is 15.8. The zero-order chi connectivity index (χ0) is 56.8. The standard InChI is InChI=1S/C61H80FN9O7/c1-36(63-10)53(72)67-51(60(4,5)6)58(77)69-32-31-41-20-13-15-24-46(41)50(69)57(76)70(38(3)44-22-16-17-25-47(44)62)34-39-27-29-42(30-28-39)55(74)65-43-33-49(56(75)66-48-26-18-21-40-19-12-14-23-45(40)48)71(35-43)59(78)52(61(7,8)9)68-54(73)37(2)64-11/h12-17,19-20,22-25,27-30,36-38,43,48-52,63-64H,18,21,26,31-35H2,1-11H3,(H,65,74)(H,66,75)(H,67,72)(H,68,73)/t36-,37-,38+,43-,48?,49-,50-,51+,52+/m0/s1. The van der Waals surface area contributed by atoms with E-state index < -0.39 is 88.6 Å². The van der Waals surface area contributed by atoms with Crippen LogP contribution in [0.2, 0.25) is 0 Å². The van der Waals surface area contributed by atoms with E-state index >= 15 is 9.18 Å². The number of nitrogens with zero attached hydrogens (tertiary/aromatic N) is 3. The largest absolute Gasteiger partial charge is 0.347 e. The van der Waals surface area contributed by atoms with Gasteiger partial charge in [-0.15, -0.1) is 0 Å². The summed E-state index contributed by atoms with van der Waals surface area (Å²) in [6, 6.07) is 21.5. The minimum Gasteiger partial charge on any atom is -0.347 e. The molecule has 1 saturated heterocycles. The number of fused-ring (bicyclic) bond motifs is 2. The molecule has 7 amide bonds. The molecular weight excluding hydrogens is 990 g/mol. The molecule has 16 nitrogen and oxygen atoms in total. The molecule has 17 heteroatoms. The summed E-state index contributed by atoms with van der Waals surface area (Å²) in [6.45, 7) is 16.5. The highest BCUT2D eigenvalue weighted by molar-refractivity contribution is 5.97. The van der Waals surface area contributed by atoms with Crippen LogP contribution in [0.15, 0.2) is 97.1 Å². The Bertz CT molecular complexity index is 2850. The third-order valence-corrected chi connectivity index (χ3v) is 15.8. The number of nitrogens with one attached hydrogen (secondary N) is 6. The number of amides is 7. The van der Waals surface area contributed by atoms with Gasteiger partial charge in [-0.3, -0.25) is 33.6 Å². The van der Waals surface area contributed by atoms with Crippen LogP contribution >= 0.6 is 0 Å². The van der Waals surface area contributed by atoms with E-state index in [1.54, 1.807) is 87.1 Å². The Balaban J connectivity index is 1.16. The van der Waals surface area contributed by atoms with Crippen LogP contribution in [0, 0.1) is 16.6 Å². The number of carbonyl (C=O) groups is 7. The monoisotopic (exact) mass is 1070 g/mol. The molecule has 0 spiro atoms. The van der Waals surface area contributed by atoms with E-state index in [4.69, 9.17) is 0 Å². The molecule has 1 fully saturated rings. The van der Waals surface area contributed by atoms with E-state index in [2.05, 4.69) is 38.0 Å². The molecule has 4 aromatic rings. The van der Waals surface area contributed by atoms with Crippen LogP contribution in [0.5, 0.6) is 0 Å². The second kappa shape index (κ2) is 24.8. The topological polar surface area (TPSA) is 201 Å². The highest BCUT2D eigenvalue weighted by Crippen LogP contribution is 2.38. The number of rotatable bonds is 17. The first kappa shape index (κ1) is 58.7. The lowest BCUT2D eigenvalue weighted by Crippen LogP contribution is -2.60. The second-order valence-corrected chi connectivity index (χ2v) is 23.4. The third kappa shape index (κ3) is 13.3. The normalized spacial score (nSPS) is 20.2. The zero-order valence-corrected chi connectivity index (χ0v) is 47.2. The number of hydrogen-bond acceptors (Lipinski definition) is 9. The molecule has 6 N–H and O–H groups in total. The fraction of sp³-hybridized carbons (Fsp3) is 0.492. The van der Waals surface area contributed by atoms with Crippen molar-refractivity contribution in [3.63, 3.8) is 0 Å². The quantitative estimate of drug-likeness (QED) is 0.0711. The number of aryl methyl sites for hydroxylation is 1. The predicted octanol–water partition coefficient (Wildman–Crippen LogP) is 6.21. The molecular formula is C61H80FN9O7. The van der Waals surface area contributed by atoms with E-state index in [0.717, 1.165) is 30.4 Å². The molecule has 3 aliphatic rings. The lowest BCUT2D eigenvalue weighted by molar-refractivity contribution is -0.152. The fourth-order valence-corrected chi connectivity index (χ4v) is 10.9. The van der Waals surface area contributed by atoms with E-state index in [0.29, 0.717) is 17.5 Å². The molecule has 0 bridgehead atoms. The van der Waals surface area contributed by atoms with E-state index in [1.807, 2.05) is 84.0 Å².